The highest BCUT2D eigenvalue weighted by molar-refractivity contribution is 8.00. The monoisotopic (exact) mass is 373 g/mol. The van der Waals surface area contributed by atoms with E-state index in [2.05, 4.69) is 6.07 Å². The lowest BCUT2D eigenvalue weighted by atomic mass is 10.1. The van der Waals surface area contributed by atoms with Crippen LogP contribution in [0.5, 0.6) is 17.2 Å². The van der Waals surface area contributed by atoms with Crippen LogP contribution in [0.3, 0.4) is 0 Å². The number of methoxy groups -OCH3 is 3. The maximum atomic E-state index is 12.6. The predicted octanol–water partition coefficient (Wildman–Crippen LogP) is 4.11. The van der Waals surface area contributed by atoms with E-state index in [0.717, 1.165) is 22.4 Å². The maximum Gasteiger partial charge on any atom is 0.238 e. The molecule has 0 aliphatic carbocycles. The minimum absolute atomic E-state index is 0.0961. The molecule has 0 saturated carbocycles. The molecule has 1 heterocycles. The zero-order valence-corrected chi connectivity index (χ0v) is 16.5. The van der Waals surface area contributed by atoms with E-state index in [1.165, 1.54) is 0 Å². The van der Waals surface area contributed by atoms with Gasteiger partial charge in [-0.3, -0.25) is 9.69 Å². The third-order valence-electron chi connectivity index (χ3n) is 4.32. The molecule has 6 heteroatoms. The summed E-state index contributed by atoms with van der Waals surface area (Å²) in [7, 11) is 4.77. The third-order valence-corrected chi connectivity index (χ3v) is 5.54. The third kappa shape index (κ3) is 3.33. The Morgan fingerprint density at radius 3 is 2.00 bits per heavy atom. The first-order valence-electron chi connectivity index (χ1n) is 8.30. The molecule has 138 valence electrons. The van der Waals surface area contributed by atoms with Crippen LogP contribution in [0.1, 0.15) is 22.1 Å². The second kappa shape index (κ2) is 7.50. The van der Waals surface area contributed by atoms with Gasteiger partial charge in [0, 0.05) is 5.69 Å². The zero-order valence-electron chi connectivity index (χ0n) is 15.7. The Labute approximate surface area is 158 Å². The Bertz CT molecular complexity index is 791. The molecule has 1 aliphatic heterocycles. The lowest BCUT2D eigenvalue weighted by Crippen LogP contribution is -2.28. The fourth-order valence-electron chi connectivity index (χ4n) is 3.28. The highest BCUT2D eigenvalue weighted by Gasteiger charge is 2.35. The molecule has 0 bridgehead atoms. The average molecular weight is 373 g/mol. The average Bonchev–Trinajstić information content (AvgIpc) is 3.01. The molecular formula is C20H23NO4S. The predicted molar refractivity (Wildman–Crippen MR) is 105 cm³/mol. The van der Waals surface area contributed by atoms with Crippen LogP contribution in [0.15, 0.2) is 30.3 Å². The summed E-state index contributed by atoms with van der Waals surface area (Å²) >= 11 is 1.59. The van der Waals surface area contributed by atoms with Crippen molar-refractivity contribution in [2.75, 3.05) is 32.0 Å². The molecule has 1 saturated heterocycles. The lowest BCUT2D eigenvalue weighted by Gasteiger charge is -2.26. The zero-order chi connectivity index (χ0) is 18.8. The van der Waals surface area contributed by atoms with Gasteiger partial charge in [-0.1, -0.05) is 6.07 Å². The van der Waals surface area contributed by atoms with E-state index in [1.807, 2.05) is 43.0 Å². The number of hydrogen-bond acceptors (Lipinski definition) is 5. The van der Waals surface area contributed by atoms with Crippen molar-refractivity contribution >= 4 is 23.4 Å². The van der Waals surface area contributed by atoms with Gasteiger partial charge in [-0.2, -0.15) is 0 Å². The molecule has 26 heavy (non-hydrogen) atoms. The molecule has 0 spiro atoms. The first kappa shape index (κ1) is 18.5. The summed E-state index contributed by atoms with van der Waals surface area (Å²) < 4.78 is 16.3. The second-order valence-corrected chi connectivity index (χ2v) is 7.30. The van der Waals surface area contributed by atoms with E-state index >= 15 is 0 Å². The lowest BCUT2D eigenvalue weighted by molar-refractivity contribution is -0.115. The van der Waals surface area contributed by atoms with Gasteiger partial charge in [-0.25, -0.2) is 0 Å². The van der Waals surface area contributed by atoms with Crippen LogP contribution in [0.2, 0.25) is 0 Å². The van der Waals surface area contributed by atoms with Crippen LogP contribution < -0.4 is 19.1 Å². The van der Waals surface area contributed by atoms with Crippen molar-refractivity contribution in [3.63, 3.8) is 0 Å². The molecule has 2 aromatic rings. The molecule has 0 N–H and O–H groups in total. The standard InChI is InChI=1S/C20H23NO4S/c1-12-6-13(2)8-15(7-12)21-18(22)11-26-20(21)14-9-16(23-3)19(25-5)17(10-14)24-4/h6-10,20H,11H2,1-5H3/t20-/m0/s1. The number of rotatable bonds is 5. The molecule has 1 atom stereocenters. The molecule has 0 unspecified atom stereocenters. The summed E-state index contributed by atoms with van der Waals surface area (Å²) in [5, 5.41) is -0.141. The topological polar surface area (TPSA) is 48.0 Å². The molecule has 2 aromatic carbocycles. The fraction of sp³-hybridized carbons (Fsp3) is 0.350. The van der Waals surface area contributed by atoms with Gasteiger partial charge in [-0.15, -0.1) is 11.8 Å². The summed E-state index contributed by atoms with van der Waals surface area (Å²) in [5.41, 5.74) is 4.12. The largest absolute Gasteiger partial charge is 0.493 e. The van der Waals surface area contributed by atoms with Gasteiger partial charge < -0.3 is 14.2 Å². The van der Waals surface area contributed by atoms with E-state index in [0.29, 0.717) is 23.0 Å². The van der Waals surface area contributed by atoms with E-state index in [4.69, 9.17) is 14.2 Å². The summed E-state index contributed by atoms with van der Waals surface area (Å²) in [6.45, 7) is 4.08. The highest BCUT2D eigenvalue weighted by atomic mass is 32.2. The van der Waals surface area contributed by atoms with E-state index in [-0.39, 0.29) is 11.3 Å². The number of ether oxygens (including phenoxy) is 3. The Morgan fingerprint density at radius 1 is 0.923 bits per heavy atom. The van der Waals surface area contributed by atoms with Gasteiger partial charge in [0.1, 0.15) is 5.37 Å². The summed E-state index contributed by atoms with van der Waals surface area (Å²) in [5.74, 6) is 2.25. The first-order valence-corrected chi connectivity index (χ1v) is 9.35. The second-order valence-electron chi connectivity index (χ2n) is 6.23. The van der Waals surface area contributed by atoms with Crippen molar-refractivity contribution < 1.29 is 19.0 Å². The van der Waals surface area contributed by atoms with Gasteiger partial charge >= 0.3 is 0 Å². The number of anilines is 1. The first-order chi connectivity index (χ1) is 12.5. The Balaban J connectivity index is 2.08. The molecule has 1 amide bonds. The van der Waals surface area contributed by atoms with Gasteiger partial charge in [0.05, 0.1) is 27.1 Å². The quantitative estimate of drug-likeness (QED) is 0.789. The van der Waals surface area contributed by atoms with Crippen LogP contribution in [0.25, 0.3) is 0 Å². The van der Waals surface area contributed by atoms with Gasteiger partial charge in [0.15, 0.2) is 11.5 Å². The molecule has 3 rings (SSSR count). The van der Waals surface area contributed by atoms with Crippen molar-refractivity contribution in [2.24, 2.45) is 0 Å². The van der Waals surface area contributed by atoms with E-state index < -0.39 is 0 Å². The molecule has 0 aromatic heterocycles. The number of aryl methyl sites for hydroxylation is 2. The van der Waals surface area contributed by atoms with Crippen LogP contribution in [0.4, 0.5) is 5.69 Å². The number of benzene rings is 2. The number of nitrogens with zero attached hydrogens (tertiary/aromatic N) is 1. The van der Waals surface area contributed by atoms with Crippen molar-refractivity contribution in [2.45, 2.75) is 19.2 Å². The number of hydrogen-bond donors (Lipinski definition) is 0. The minimum Gasteiger partial charge on any atom is -0.493 e. The smallest absolute Gasteiger partial charge is 0.238 e. The van der Waals surface area contributed by atoms with Crippen molar-refractivity contribution in [3.05, 3.63) is 47.0 Å². The summed E-state index contributed by atoms with van der Waals surface area (Å²) in [6.07, 6.45) is 0. The number of thioether (sulfide) groups is 1. The van der Waals surface area contributed by atoms with E-state index in [9.17, 15) is 4.79 Å². The van der Waals surface area contributed by atoms with Crippen molar-refractivity contribution in [1.82, 2.24) is 0 Å². The Morgan fingerprint density at radius 2 is 1.50 bits per heavy atom. The Hall–Kier alpha value is -2.34. The number of carbonyl (C=O) groups excluding carboxylic acids is 1. The van der Waals surface area contributed by atoms with Crippen LogP contribution in [-0.2, 0) is 4.79 Å². The van der Waals surface area contributed by atoms with Gasteiger partial charge in [0.2, 0.25) is 11.7 Å². The maximum absolute atomic E-state index is 12.6. The van der Waals surface area contributed by atoms with Gasteiger partial charge in [-0.05, 0) is 54.8 Å². The normalized spacial score (nSPS) is 16.7. The molecule has 1 aliphatic rings. The molecule has 5 nitrogen and oxygen atoms in total. The molecular weight excluding hydrogens is 350 g/mol. The van der Waals surface area contributed by atoms with Gasteiger partial charge in [0.25, 0.3) is 0 Å². The van der Waals surface area contributed by atoms with Crippen molar-refractivity contribution in [3.8, 4) is 17.2 Å². The minimum atomic E-state index is -0.141. The molecule has 1 fully saturated rings. The summed E-state index contributed by atoms with van der Waals surface area (Å²) in [6, 6.07) is 10.0. The Kier molecular flexibility index (Phi) is 5.32. The van der Waals surface area contributed by atoms with Crippen molar-refractivity contribution in [1.29, 1.82) is 0 Å². The van der Waals surface area contributed by atoms with Crippen LogP contribution in [0, 0.1) is 13.8 Å². The molecule has 0 radical (unpaired) electrons. The summed E-state index contributed by atoms with van der Waals surface area (Å²) in [4.78, 5) is 14.5. The van der Waals surface area contributed by atoms with E-state index in [1.54, 1.807) is 33.1 Å². The SMILES string of the molecule is COc1cc([C@@H]2SCC(=O)N2c2cc(C)cc(C)c2)cc(OC)c1OC. The van der Waals surface area contributed by atoms with Crippen LogP contribution in [-0.4, -0.2) is 33.0 Å². The number of amides is 1. The van der Waals surface area contributed by atoms with Crippen LogP contribution >= 0.6 is 11.8 Å². The highest BCUT2D eigenvalue weighted by Crippen LogP contribution is 2.47. The number of carbonyl (C=O) groups is 1. The fourth-order valence-corrected chi connectivity index (χ4v) is 4.44.